The molecule has 0 spiro atoms. The molecule has 1 aliphatic heterocycles. The number of piperazine rings is 1. The summed E-state index contributed by atoms with van der Waals surface area (Å²) in [5, 5.41) is 0. The van der Waals surface area contributed by atoms with Gasteiger partial charge in [-0.1, -0.05) is 25.4 Å². The number of nitrogens with one attached hydrogen (secondary N) is 1. The Hall–Kier alpha value is -0.670. The number of carbonyl (C=O) groups is 1. The monoisotopic (exact) mass is 393 g/mol. The van der Waals surface area contributed by atoms with E-state index in [2.05, 4.69) is 9.62 Å². The molecule has 1 aromatic heterocycles. The van der Waals surface area contributed by atoms with Gasteiger partial charge in [0.1, 0.15) is 10.3 Å². The van der Waals surface area contributed by atoms with Crippen LogP contribution in [0.15, 0.2) is 16.3 Å². The summed E-state index contributed by atoms with van der Waals surface area (Å²) >= 11 is 6.82. The Labute approximate surface area is 152 Å². The molecule has 0 aliphatic carbocycles. The van der Waals surface area contributed by atoms with Crippen LogP contribution in [0.25, 0.3) is 0 Å². The maximum atomic E-state index is 12.8. The molecule has 0 bridgehead atoms. The quantitative estimate of drug-likeness (QED) is 0.801. The number of likely N-dealkylation sites (N-methyl/N-ethyl adjacent to an activating group) is 1. The lowest BCUT2D eigenvalue weighted by Gasteiger charge is -2.35. The van der Waals surface area contributed by atoms with Crippen molar-refractivity contribution in [2.24, 2.45) is 5.92 Å². The third-order valence-electron chi connectivity index (χ3n) is 3.93. The average molecular weight is 394 g/mol. The predicted molar refractivity (Wildman–Crippen MR) is 97.0 cm³/mol. The molecule has 1 atom stereocenters. The van der Waals surface area contributed by atoms with E-state index in [1.807, 2.05) is 20.9 Å². The van der Waals surface area contributed by atoms with Crippen molar-refractivity contribution < 1.29 is 13.2 Å². The molecule has 1 saturated heterocycles. The zero-order valence-corrected chi connectivity index (χ0v) is 16.5. The van der Waals surface area contributed by atoms with Crippen molar-refractivity contribution in [1.29, 1.82) is 0 Å². The highest BCUT2D eigenvalue weighted by Crippen LogP contribution is 2.26. The largest absolute Gasteiger partial charge is 0.339 e. The Balaban J connectivity index is 2.14. The van der Waals surface area contributed by atoms with Gasteiger partial charge < -0.3 is 9.80 Å². The number of sulfonamides is 1. The van der Waals surface area contributed by atoms with Crippen LogP contribution in [0.5, 0.6) is 0 Å². The van der Waals surface area contributed by atoms with Crippen LogP contribution >= 0.6 is 22.9 Å². The fourth-order valence-corrected chi connectivity index (χ4v) is 5.31. The normalized spacial score (nSPS) is 18.1. The van der Waals surface area contributed by atoms with E-state index in [0.717, 1.165) is 24.4 Å². The maximum absolute atomic E-state index is 12.8. The van der Waals surface area contributed by atoms with E-state index < -0.39 is 16.1 Å². The van der Waals surface area contributed by atoms with Gasteiger partial charge in [-0.15, -0.1) is 11.3 Å². The summed E-state index contributed by atoms with van der Waals surface area (Å²) in [6.07, 6.45) is 0.462. The molecule has 2 heterocycles. The number of thiophene rings is 1. The first kappa shape index (κ1) is 19.7. The Morgan fingerprint density at radius 1 is 1.29 bits per heavy atom. The van der Waals surface area contributed by atoms with Gasteiger partial charge in [0.05, 0.1) is 4.34 Å². The molecule has 0 unspecified atom stereocenters. The Morgan fingerprint density at radius 3 is 2.42 bits per heavy atom. The van der Waals surface area contributed by atoms with Crippen LogP contribution < -0.4 is 4.72 Å². The summed E-state index contributed by atoms with van der Waals surface area (Å²) < 4.78 is 28.2. The molecule has 6 nitrogen and oxygen atoms in total. The fraction of sp³-hybridized carbons (Fsp3) is 0.667. The van der Waals surface area contributed by atoms with Crippen molar-refractivity contribution in [2.75, 3.05) is 33.2 Å². The summed E-state index contributed by atoms with van der Waals surface area (Å²) in [6.45, 7) is 6.79. The zero-order chi connectivity index (χ0) is 17.9. The van der Waals surface area contributed by atoms with Crippen molar-refractivity contribution in [3.8, 4) is 0 Å². The number of nitrogens with zero attached hydrogens (tertiary/aromatic N) is 2. The summed E-state index contributed by atoms with van der Waals surface area (Å²) in [6, 6.07) is 2.25. The molecule has 1 amide bonds. The molecule has 1 aliphatic rings. The lowest BCUT2D eigenvalue weighted by molar-refractivity contribution is -0.135. The lowest BCUT2D eigenvalue weighted by Crippen LogP contribution is -2.54. The van der Waals surface area contributed by atoms with Crippen LogP contribution in [-0.2, 0) is 14.8 Å². The molecule has 9 heteroatoms. The van der Waals surface area contributed by atoms with Crippen LogP contribution in [0.4, 0.5) is 0 Å². The van der Waals surface area contributed by atoms with E-state index >= 15 is 0 Å². The van der Waals surface area contributed by atoms with Gasteiger partial charge in [0.15, 0.2) is 0 Å². The first-order chi connectivity index (χ1) is 11.2. The predicted octanol–water partition coefficient (Wildman–Crippen LogP) is 1.87. The van der Waals surface area contributed by atoms with Gasteiger partial charge in [-0.25, -0.2) is 8.42 Å². The fourth-order valence-electron chi connectivity index (χ4n) is 2.61. The highest BCUT2D eigenvalue weighted by Gasteiger charge is 2.31. The minimum absolute atomic E-state index is 0.132. The molecule has 0 radical (unpaired) electrons. The Morgan fingerprint density at radius 2 is 1.92 bits per heavy atom. The third-order valence-corrected chi connectivity index (χ3v) is 7.13. The minimum Gasteiger partial charge on any atom is -0.339 e. The zero-order valence-electron chi connectivity index (χ0n) is 14.2. The SMILES string of the molecule is CC(C)C[C@@H](NS(=O)(=O)c1ccc(Cl)s1)C(=O)N1CCN(C)CC1. The molecule has 0 aromatic carbocycles. The highest BCUT2D eigenvalue weighted by molar-refractivity contribution is 7.91. The van der Waals surface area contributed by atoms with Crippen molar-refractivity contribution in [3.05, 3.63) is 16.5 Å². The molecule has 1 N–H and O–H groups in total. The summed E-state index contributed by atoms with van der Waals surface area (Å²) in [5.74, 6) is 0.0454. The van der Waals surface area contributed by atoms with Gasteiger partial charge in [-0.3, -0.25) is 4.79 Å². The molecule has 2 rings (SSSR count). The first-order valence-corrected chi connectivity index (χ1v) is 10.6. The number of carbonyl (C=O) groups excluding carboxylic acids is 1. The standard InChI is InChI=1S/C15H24ClN3O3S2/c1-11(2)10-12(15(20)19-8-6-18(3)7-9-19)17-24(21,22)14-5-4-13(16)23-14/h4-5,11-12,17H,6-10H2,1-3H3/t12-/m1/s1. The van der Waals surface area contributed by atoms with Crippen LogP contribution in [-0.4, -0.2) is 63.4 Å². The number of rotatable bonds is 6. The second-order valence-electron chi connectivity index (χ2n) is 6.49. The second kappa shape index (κ2) is 8.14. The first-order valence-electron chi connectivity index (χ1n) is 7.94. The van der Waals surface area contributed by atoms with Crippen molar-refractivity contribution in [1.82, 2.24) is 14.5 Å². The highest BCUT2D eigenvalue weighted by atomic mass is 35.5. The van der Waals surface area contributed by atoms with Crippen molar-refractivity contribution in [3.63, 3.8) is 0 Å². The third kappa shape index (κ3) is 5.16. The van der Waals surface area contributed by atoms with Gasteiger partial charge in [0, 0.05) is 26.2 Å². The molecular formula is C15H24ClN3O3S2. The summed E-state index contributed by atoms with van der Waals surface area (Å²) in [5.41, 5.74) is 0. The maximum Gasteiger partial charge on any atom is 0.250 e. The van der Waals surface area contributed by atoms with Gasteiger partial charge >= 0.3 is 0 Å². The van der Waals surface area contributed by atoms with E-state index in [1.54, 1.807) is 11.0 Å². The van der Waals surface area contributed by atoms with E-state index in [9.17, 15) is 13.2 Å². The van der Waals surface area contributed by atoms with Gasteiger partial charge in [0.2, 0.25) is 5.91 Å². The van der Waals surface area contributed by atoms with E-state index in [0.29, 0.717) is 23.8 Å². The lowest BCUT2D eigenvalue weighted by atomic mass is 10.0. The minimum atomic E-state index is -3.75. The Kier molecular flexibility index (Phi) is 6.66. The average Bonchev–Trinajstić information content (AvgIpc) is 2.93. The van der Waals surface area contributed by atoms with Crippen LogP contribution in [0.3, 0.4) is 0 Å². The van der Waals surface area contributed by atoms with E-state index in [-0.39, 0.29) is 16.0 Å². The molecule has 136 valence electrons. The topological polar surface area (TPSA) is 69.7 Å². The van der Waals surface area contributed by atoms with Crippen molar-refractivity contribution >= 4 is 38.9 Å². The smallest absolute Gasteiger partial charge is 0.250 e. The van der Waals surface area contributed by atoms with Crippen LogP contribution in [0, 0.1) is 5.92 Å². The number of amides is 1. The van der Waals surface area contributed by atoms with Crippen LogP contribution in [0.1, 0.15) is 20.3 Å². The number of hydrogen-bond acceptors (Lipinski definition) is 5. The van der Waals surface area contributed by atoms with Crippen molar-refractivity contribution in [2.45, 2.75) is 30.5 Å². The Bertz CT molecular complexity index is 667. The molecular weight excluding hydrogens is 370 g/mol. The van der Waals surface area contributed by atoms with E-state index in [1.165, 1.54) is 6.07 Å². The molecule has 1 fully saturated rings. The molecule has 0 saturated carbocycles. The van der Waals surface area contributed by atoms with Gasteiger partial charge in [-0.2, -0.15) is 4.72 Å². The summed E-state index contributed by atoms with van der Waals surface area (Å²) in [4.78, 5) is 16.7. The number of hydrogen-bond donors (Lipinski definition) is 1. The van der Waals surface area contributed by atoms with Gasteiger partial charge in [0.25, 0.3) is 10.0 Å². The van der Waals surface area contributed by atoms with Gasteiger partial charge in [-0.05, 0) is 31.5 Å². The summed E-state index contributed by atoms with van der Waals surface area (Å²) in [7, 11) is -1.74. The molecule has 24 heavy (non-hydrogen) atoms. The molecule has 1 aromatic rings. The second-order valence-corrected chi connectivity index (χ2v) is 10.1. The van der Waals surface area contributed by atoms with E-state index in [4.69, 9.17) is 11.6 Å². The van der Waals surface area contributed by atoms with Crippen LogP contribution in [0.2, 0.25) is 4.34 Å². The number of halogens is 1.